The normalized spacial score (nSPS) is 20.7. The van der Waals surface area contributed by atoms with Gasteiger partial charge in [0, 0.05) is 5.54 Å². The van der Waals surface area contributed by atoms with E-state index in [4.69, 9.17) is 5.73 Å². The summed E-state index contributed by atoms with van der Waals surface area (Å²) in [5.41, 5.74) is 7.72. The van der Waals surface area contributed by atoms with Crippen molar-refractivity contribution in [3.8, 4) is 0 Å². The molecule has 1 nitrogen and oxygen atoms in total. The molecule has 1 heteroatoms. The fourth-order valence-electron chi connectivity index (χ4n) is 3.19. The van der Waals surface area contributed by atoms with Gasteiger partial charge in [0.25, 0.3) is 0 Å². The quantitative estimate of drug-likeness (QED) is 0.647. The van der Waals surface area contributed by atoms with Crippen LogP contribution in [0.2, 0.25) is 0 Å². The van der Waals surface area contributed by atoms with E-state index in [0.717, 1.165) is 6.42 Å². The van der Waals surface area contributed by atoms with E-state index in [1.807, 2.05) is 6.92 Å². The molecule has 0 aliphatic rings. The highest BCUT2D eigenvalue weighted by Crippen LogP contribution is 2.37. The van der Waals surface area contributed by atoms with Gasteiger partial charge in [0.2, 0.25) is 0 Å². The monoisotopic (exact) mass is 251 g/mol. The second-order valence-electron chi connectivity index (χ2n) is 6.28. The molecule has 4 unspecified atom stereocenters. The van der Waals surface area contributed by atoms with Gasteiger partial charge < -0.3 is 5.73 Å². The zero-order valence-electron chi connectivity index (χ0n) is 13.5. The van der Waals surface area contributed by atoms with Gasteiger partial charge in [0.05, 0.1) is 0 Å². The summed E-state index contributed by atoms with van der Waals surface area (Å²) in [6, 6.07) is 0. The topological polar surface area (TPSA) is 26.0 Å². The fraction of sp³-hybridized carbons (Fsp3) is 0.765. The maximum absolute atomic E-state index is 6.69. The molecule has 0 aromatic rings. The van der Waals surface area contributed by atoms with Crippen LogP contribution in [-0.4, -0.2) is 5.54 Å². The number of hydrogen-bond acceptors (Lipinski definition) is 1. The van der Waals surface area contributed by atoms with Crippen LogP contribution in [0.15, 0.2) is 24.3 Å². The molecule has 0 saturated heterocycles. The third-order valence-corrected chi connectivity index (χ3v) is 4.74. The predicted octanol–water partition coefficient (Wildman–Crippen LogP) is 4.79. The molecular formula is C17H33N. The van der Waals surface area contributed by atoms with Gasteiger partial charge in [-0.15, -0.1) is 0 Å². The van der Waals surface area contributed by atoms with E-state index in [2.05, 4.69) is 60.3 Å². The zero-order chi connectivity index (χ0) is 14.5. The number of nitrogens with two attached hydrogens (primary N) is 1. The minimum atomic E-state index is -0.146. The number of rotatable bonds is 7. The minimum Gasteiger partial charge on any atom is -0.325 e. The van der Waals surface area contributed by atoms with Gasteiger partial charge in [-0.1, -0.05) is 65.3 Å². The molecule has 0 radical (unpaired) electrons. The number of hydrogen-bond donors (Lipinski definition) is 1. The zero-order valence-corrected chi connectivity index (χ0v) is 13.5. The molecule has 0 aliphatic heterocycles. The van der Waals surface area contributed by atoms with E-state index in [1.165, 1.54) is 5.57 Å². The molecule has 0 heterocycles. The maximum atomic E-state index is 6.69. The lowest BCUT2D eigenvalue weighted by Crippen LogP contribution is -2.53. The average Bonchev–Trinajstić information content (AvgIpc) is 2.27. The van der Waals surface area contributed by atoms with Gasteiger partial charge in [0.1, 0.15) is 0 Å². The van der Waals surface area contributed by atoms with Gasteiger partial charge in [0.15, 0.2) is 0 Å². The average molecular weight is 251 g/mol. The Morgan fingerprint density at radius 3 is 2.11 bits per heavy atom. The summed E-state index contributed by atoms with van der Waals surface area (Å²) in [6.45, 7) is 19.7. The van der Waals surface area contributed by atoms with Crippen LogP contribution in [0.25, 0.3) is 0 Å². The van der Waals surface area contributed by atoms with Crippen molar-refractivity contribution in [3.05, 3.63) is 24.3 Å². The molecule has 0 aliphatic carbocycles. The summed E-state index contributed by atoms with van der Waals surface area (Å²) in [5.74, 6) is 2.01. The van der Waals surface area contributed by atoms with Gasteiger partial charge in [-0.3, -0.25) is 0 Å². The van der Waals surface area contributed by atoms with Crippen LogP contribution in [0.3, 0.4) is 0 Å². The lowest BCUT2D eigenvalue weighted by Gasteiger charge is -2.44. The Morgan fingerprint density at radius 2 is 1.78 bits per heavy atom. The highest BCUT2D eigenvalue weighted by Gasteiger charge is 2.38. The van der Waals surface area contributed by atoms with E-state index in [0.29, 0.717) is 23.7 Å². The highest BCUT2D eigenvalue weighted by atomic mass is 14.8. The van der Waals surface area contributed by atoms with Crippen LogP contribution < -0.4 is 5.73 Å². The molecular weight excluding hydrogens is 218 g/mol. The molecule has 0 aromatic carbocycles. The predicted molar refractivity (Wildman–Crippen MR) is 83.5 cm³/mol. The van der Waals surface area contributed by atoms with Crippen molar-refractivity contribution in [1.29, 1.82) is 0 Å². The van der Waals surface area contributed by atoms with Crippen molar-refractivity contribution in [2.24, 2.45) is 29.4 Å². The smallest absolute Gasteiger partial charge is 0.0188 e. The standard InChI is InChI=1S/C17H33N/c1-9-11-13(5)14(6)15(7)17(8,18)16(10-2)12(3)4/h9,11-12,14-16H,5,10,18H2,1-4,6-8H3/b11-9-. The van der Waals surface area contributed by atoms with Crippen molar-refractivity contribution < 1.29 is 0 Å². The van der Waals surface area contributed by atoms with Crippen LogP contribution >= 0.6 is 0 Å². The lowest BCUT2D eigenvalue weighted by molar-refractivity contribution is 0.130. The first-order valence-electron chi connectivity index (χ1n) is 7.30. The molecule has 0 aromatic heterocycles. The molecule has 4 atom stereocenters. The first kappa shape index (κ1) is 17.4. The Hall–Kier alpha value is -0.560. The second kappa shape index (κ2) is 7.13. The molecule has 2 N–H and O–H groups in total. The lowest BCUT2D eigenvalue weighted by atomic mass is 9.66. The second-order valence-corrected chi connectivity index (χ2v) is 6.28. The Morgan fingerprint density at radius 1 is 1.28 bits per heavy atom. The first-order valence-corrected chi connectivity index (χ1v) is 7.30. The summed E-state index contributed by atoms with van der Waals surface area (Å²) < 4.78 is 0. The third kappa shape index (κ3) is 3.98. The Labute approximate surface area is 115 Å². The summed E-state index contributed by atoms with van der Waals surface area (Å²) in [4.78, 5) is 0. The summed E-state index contributed by atoms with van der Waals surface area (Å²) in [7, 11) is 0. The van der Waals surface area contributed by atoms with E-state index in [9.17, 15) is 0 Å². The molecule has 0 rings (SSSR count). The van der Waals surface area contributed by atoms with Crippen molar-refractivity contribution in [2.75, 3.05) is 0 Å². The van der Waals surface area contributed by atoms with E-state index in [-0.39, 0.29) is 5.54 Å². The van der Waals surface area contributed by atoms with Crippen molar-refractivity contribution in [2.45, 2.75) is 60.4 Å². The van der Waals surface area contributed by atoms with Crippen molar-refractivity contribution in [1.82, 2.24) is 0 Å². The van der Waals surface area contributed by atoms with Gasteiger partial charge in [-0.05, 0) is 37.5 Å². The van der Waals surface area contributed by atoms with E-state index >= 15 is 0 Å². The first-order chi connectivity index (χ1) is 8.19. The maximum Gasteiger partial charge on any atom is 0.0188 e. The van der Waals surface area contributed by atoms with Crippen LogP contribution in [0.4, 0.5) is 0 Å². The molecule has 0 bridgehead atoms. The third-order valence-electron chi connectivity index (χ3n) is 4.74. The van der Waals surface area contributed by atoms with Crippen molar-refractivity contribution >= 4 is 0 Å². The van der Waals surface area contributed by atoms with Crippen molar-refractivity contribution in [3.63, 3.8) is 0 Å². The highest BCUT2D eigenvalue weighted by molar-refractivity contribution is 5.19. The van der Waals surface area contributed by atoms with Gasteiger partial charge in [-0.2, -0.15) is 0 Å². The fourth-order valence-corrected chi connectivity index (χ4v) is 3.19. The summed E-state index contributed by atoms with van der Waals surface area (Å²) in [5, 5.41) is 0. The molecule has 0 spiro atoms. The summed E-state index contributed by atoms with van der Waals surface area (Å²) in [6.07, 6.45) is 5.30. The van der Waals surface area contributed by atoms with Crippen LogP contribution in [0, 0.1) is 23.7 Å². The largest absolute Gasteiger partial charge is 0.325 e. The SMILES string of the molecule is C=C(/C=C\C)C(C)C(C)C(C)(N)C(CC)C(C)C. The Balaban J connectivity index is 5.04. The van der Waals surface area contributed by atoms with Crippen LogP contribution in [0.1, 0.15) is 54.9 Å². The molecule has 106 valence electrons. The Bertz CT molecular complexity index is 286. The Kier molecular flexibility index (Phi) is 6.91. The van der Waals surface area contributed by atoms with Gasteiger partial charge >= 0.3 is 0 Å². The molecule has 0 amide bonds. The van der Waals surface area contributed by atoms with Crippen LogP contribution in [-0.2, 0) is 0 Å². The van der Waals surface area contributed by atoms with E-state index in [1.54, 1.807) is 0 Å². The van der Waals surface area contributed by atoms with E-state index < -0.39 is 0 Å². The minimum absolute atomic E-state index is 0.146. The van der Waals surface area contributed by atoms with Crippen LogP contribution in [0.5, 0.6) is 0 Å². The number of allylic oxidation sites excluding steroid dienone is 3. The molecule has 18 heavy (non-hydrogen) atoms. The van der Waals surface area contributed by atoms with Gasteiger partial charge in [-0.25, -0.2) is 0 Å². The molecule has 0 fully saturated rings. The molecule has 0 saturated carbocycles. The summed E-state index contributed by atoms with van der Waals surface area (Å²) >= 11 is 0.